The van der Waals surface area contributed by atoms with E-state index in [9.17, 15) is 14.4 Å². The lowest BCUT2D eigenvalue weighted by atomic mass is 10.1. The van der Waals surface area contributed by atoms with Crippen LogP contribution in [0.4, 0.5) is 0 Å². The van der Waals surface area contributed by atoms with Gasteiger partial charge in [-0.05, 0) is 27.7 Å². The molecule has 0 aromatic carbocycles. The van der Waals surface area contributed by atoms with E-state index < -0.39 is 6.04 Å². The molecule has 0 aromatic rings. The third kappa shape index (κ3) is 4.35. The maximum Gasteiger partial charge on any atom is 0.242 e. The molecule has 3 N–H and O–H groups in total. The van der Waals surface area contributed by atoms with Gasteiger partial charge in [-0.3, -0.25) is 14.4 Å². The Kier molecular flexibility index (Phi) is 4.32. The van der Waals surface area contributed by atoms with Crippen LogP contribution in [-0.4, -0.2) is 35.8 Å². The molecular weight excluding hydrogens is 234 g/mol. The maximum atomic E-state index is 11.8. The van der Waals surface area contributed by atoms with E-state index in [-0.39, 0.29) is 35.6 Å². The van der Waals surface area contributed by atoms with Crippen LogP contribution in [0.25, 0.3) is 0 Å². The third-order valence-electron chi connectivity index (χ3n) is 2.60. The van der Waals surface area contributed by atoms with Gasteiger partial charge in [0.15, 0.2) is 0 Å². The zero-order chi connectivity index (χ0) is 13.9. The second kappa shape index (κ2) is 5.37. The Morgan fingerprint density at radius 3 is 2.44 bits per heavy atom. The number of nitrogens with one attached hydrogen (secondary N) is 3. The summed E-state index contributed by atoms with van der Waals surface area (Å²) in [5.74, 6) is -0.984. The van der Waals surface area contributed by atoms with E-state index >= 15 is 0 Å². The quantitative estimate of drug-likeness (QED) is 0.638. The molecule has 0 bridgehead atoms. The topological polar surface area (TPSA) is 87.3 Å². The highest BCUT2D eigenvalue weighted by atomic mass is 16.2. The fourth-order valence-corrected chi connectivity index (χ4v) is 1.67. The molecule has 3 amide bonds. The van der Waals surface area contributed by atoms with Crippen molar-refractivity contribution in [1.29, 1.82) is 0 Å². The van der Waals surface area contributed by atoms with Crippen LogP contribution in [0, 0.1) is 5.92 Å². The van der Waals surface area contributed by atoms with E-state index in [0.717, 1.165) is 0 Å². The Morgan fingerprint density at radius 2 is 2.00 bits per heavy atom. The van der Waals surface area contributed by atoms with Crippen molar-refractivity contribution in [2.75, 3.05) is 6.54 Å². The smallest absolute Gasteiger partial charge is 0.242 e. The Bertz CT molecular complexity index is 360. The number of carbonyl (C=O) groups is 3. The van der Waals surface area contributed by atoms with E-state index in [1.807, 2.05) is 20.8 Å². The Hall–Kier alpha value is -1.59. The van der Waals surface area contributed by atoms with Crippen LogP contribution in [0.15, 0.2) is 0 Å². The van der Waals surface area contributed by atoms with Crippen molar-refractivity contribution < 1.29 is 14.4 Å². The molecule has 1 heterocycles. The summed E-state index contributed by atoms with van der Waals surface area (Å²) in [4.78, 5) is 34.5. The Balaban J connectivity index is 2.44. The van der Waals surface area contributed by atoms with Crippen molar-refractivity contribution in [2.45, 2.75) is 45.7 Å². The van der Waals surface area contributed by atoms with Crippen molar-refractivity contribution in [3.8, 4) is 0 Å². The van der Waals surface area contributed by atoms with Crippen molar-refractivity contribution in [1.82, 2.24) is 16.0 Å². The molecule has 2 unspecified atom stereocenters. The summed E-state index contributed by atoms with van der Waals surface area (Å²) in [6, 6.07) is -0.604. The normalized spacial score (nSPS) is 21.1. The highest BCUT2D eigenvalue weighted by Gasteiger charge is 2.30. The minimum absolute atomic E-state index is 0.123. The Labute approximate surface area is 107 Å². The average molecular weight is 255 g/mol. The van der Waals surface area contributed by atoms with E-state index in [4.69, 9.17) is 0 Å². The second-order valence-corrected chi connectivity index (χ2v) is 5.67. The molecular formula is C12H21N3O3. The number of amides is 3. The van der Waals surface area contributed by atoms with Crippen LogP contribution >= 0.6 is 0 Å². The molecule has 18 heavy (non-hydrogen) atoms. The largest absolute Gasteiger partial charge is 0.355 e. The molecule has 2 atom stereocenters. The summed E-state index contributed by atoms with van der Waals surface area (Å²) in [6.07, 6.45) is 0.194. The first-order valence-electron chi connectivity index (χ1n) is 6.08. The highest BCUT2D eigenvalue weighted by Crippen LogP contribution is 2.09. The first kappa shape index (κ1) is 14.5. The van der Waals surface area contributed by atoms with Crippen molar-refractivity contribution >= 4 is 17.7 Å². The summed E-state index contributed by atoms with van der Waals surface area (Å²) in [7, 11) is 0. The number of carbonyl (C=O) groups excluding carboxylic acids is 3. The molecule has 1 rings (SSSR count). The third-order valence-corrected chi connectivity index (χ3v) is 2.60. The van der Waals surface area contributed by atoms with E-state index in [0.29, 0.717) is 6.54 Å². The van der Waals surface area contributed by atoms with Crippen LogP contribution in [0.5, 0.6) is 0 Å². The van der Waals surface area contributed by atoms with Crippen molar-refractivity contribution in [2.24, 2.45) is 5.92 Å². The van der Waals surface area contributed by atoms with Gasteiger partial charge in [0.2, 0.25) is 17.7 Å². The SMILES string of the molecule is CC(NC(=O)C1CNC(=O)C1)C(=O)NC(C)(C)C. The van der Waals surface area contributed by atoms with Crippen LogP contribution in [0.1, 0.15) is 34.1 Å². The summed E-state index contributed by atoms with van der Waals surface area (Å²) in [5, 5.41) is 8.00. The minimum Gasteiger partial charge on any atom is -0.355 e. The van der Waals surface area contributed by atoms with Gasteiger partial charge in [0.1, 0.15) is 6.04 Å². The summed E-state index contributed by atoms with van der Waals surface area (Å²) in [5.41, 5.74) is -0.332. The zero-order valence-electron chi connectivity index (χ0n) is 11.3. The van der Waals surface area contributed by atoms with Crippen LogP contribution < -0.4 is 16.0 Å². The molecule has 1 aliphatic heterocycles. The van der Waals surface area contributed by atoms with Gasteiger partial charge in [-0.15, -0.1) is 0 Å². The van der Waals surface area contributed by atoms with Crippen LogP contribution in [-0.2, 0) is 14.4 Å². The maximum absolute atomic E-state index is 11.8. The molecule has 6 heteroatoms. The van der Waals surface area contributed by atoms with Gasteiger partial charge in [-0.2, -0.15) is 0 Å². The zero-order valence-corrected chi connectivity index (χ0v) is 11.3. The first-order valence-corrected chi connectivity index (χ1v) is 6.08. The number of rotatable bonds is 3. The van der Waals surface area contributed by atoms with Gasteiger partial charge in [0, 0.05) is 18.5 Å². The van der Waals surface area contributed by atoms with Gasteiger partial charge in [-0.25, -0.2) is 0 Å². The van der Waals surface area contributed by atoms with E-state index in [1.54, 1.807) is 6.92 Å². The second-order valence-electron chi connectivity index (χ2n) is 5.67. The molecule has 0 aromatic heterocycles. The molecule has 102 valence electrons. The molecule has 0 saturated carbocycles. The molecule has 0 radical (unpaired) electrons. The predicted octanol–water partition coefficient (Wildman–Crippen LogP) is -0.458. The van der Waals surface area contributed by atoms with Gasteiger partial charge in [0.05, 0.1) is 5.92 Å². The molecule has 1 aliphatic rings. The van der Waals surface area contributed by atoms with E-state index in [1.165, 1.54) is 0 Å². The fraction of sp³-hybridized carbons (Fsp3) is 0.750. The lowest BCUT2D eigenvalue weighted by Gasteiger charge is -2.24. The molecule has 0 aliphatic carbocycles. The van der Waals surface area contributed by atoms with Gasteiger partial charge >= 0.3 is 0 Å². The summed E-state index contributed by atoms with van der Waals surface area (Å²) >= 11 is 0. The summed E-state index contributed by atoms with van der Waals surface area (Å²) in [6.45, 7) is 7.60. The van der Waals surface area contributed by atoms with Gasteiger partial charge < -0.3 is 16.0 Å². The monoisotopic (exact) mass is 255 g/mol. The average Bonchev–Trinajstić information content (AvgIpc) is 2.62. The molecule has 6 nitrogen and oxygen atoms in total. The van der Waals surface area contributed by atoms with E-state index in [2.05, 4.69) is 16.0 Å². The van der Waals surface area contributed by atoms with Gasteiger partial charge in [0.25, 0.3) is 0 Å². The summed E-state index contributed by atoms with van der Waals surface area (Å²) < 4.78 is 0. The highest BCUT2D eigenvalue weighted by molar-refractivity contribution is 5.92. The fourth-order valence-electron chi connectivity index (χ4n) is 1.67. The number of hydrogen-bond donors (Lipinski definition) is 3. The van der Waals surface area contributed by atoms with Crippen LogP contribution in [0.3, 0.4) is 0 Å². The predicted molar refractivity (Wildman–Crippen MR) is 66.6 cm³/mol. The Morgan fingerprint density at radius 1 is 1.39 bits per heavy atom. The van der Waals surface area contributed by atoms with Gasteiger partial charge in [-0.1, -0.05) is 0 Å². The van der Waals surface area contributed by atoms with Crippen molar-refractivity contribution in [3.05, 3.63) is 0 Å². The molecule has 0 spiro atoms. The van der Waals surface area contributed by atoms with Crippen LogP contribution in [0.2, 0.25) is 0 Å². The van der Waals surface area contributed by atoms with Crippen molar-refractivity contribution in [3.63, 3.8) is 0 Å². The number of hydrogen-bond acceptors (Lipinski definition) is 3. The standard InChI is InChI=1S/C12H21N3O3/c1-7(10(17)15-12(2,3)4)14-11(18)8-5-9(16)13-6-8/h7-8H,5-6H2,1-4H3,(H,13,16)(H,14,18)(H,15,17). The minimum atomic E-state index is -0.604. The lowest BCUT2D eigenvalue weighted by molar-refractivity contribution is -0.131. The lowest BCUT2D eigenvalue weighted by Crippen LogP contribution is -2.51. The first-order chi connectivity index (χ1) is 8.19. The molecule has 1 fully saturated rings. The molecule has 1 saturated heterocycles.